The Bertz CT molecular complexity index is 303. The van der Waals surface area contributed by atoms with Gasteiger partial charge in [0.2, 0.25) is 5.91 Å². The van der Waals surface area contributed by atoms with Crippen LogP contribution in [0.15, 0.2) is 0 Å². The summed E-state index contributed by atoms with van der Waals surface area (Å²) in [5, 5.41) is 6.64. The van der Waals surface area contributed by atoms with Crippen LogP contribution in [0.25, 0.3) is 0 Å². The highest BCUT2D eigenvalue weighted by molar-refractivity contribution is 5.84. The highest BCUT2D eigenvalue weighted by atomic mass is 16.5. The Kier molecular flexibility index (Phi) is 3.97. The van der Waals surface area contributed by atoms with Gasteiger partial charge in [-0.3, -0.25) is 4.79 Å². The van der Waals surface area contributed by atoms with Gasteiger partial charge in [-0.05, 0) is 38.6 Å². The first-order valence-electron chi connectivity index (χ1n) is 7.10. The fourth-order valence-electron chi connectivity index (χ4n) is 3.01. The van der Waals surface area contributed by atoms with Gasteiger partial charge in [0.05, 0.1) is 5.41 Å². The molecule has 1 unspecified atom stereocenters. The summed E-state index contributed by atoms with van der Waals surface area (Å²) in [5.41, 5.74) is -0.304. The number of ether oxygens (including phenoxy) is 1. The number of hydrogen-bond donors (Lipinski definition) is 2. The van der Waals surface area contributed by atoms with Crippen molar-refractivity contribution in [2.24, 2.45) is 11.3 Å². The maximum Gasteiger partial charge on any atom is 0.228 e. The van der Waals surface area contributed by atoms with Crippen molar-refractivity contribution < 1.29 is 9.53 Å². The Morgan fingerprint density at radius 3 is 2.44 bits per heavy atom. The van der Waals surface area contributed by atoms with Crippen LogP contribution < -0.4 is 10.6 Å². The summed E-state index contributed by atoms with van der Waals surface area (Å²) in [6.07, 6.45) is 2.78. The average molecular weight is 254 g/mol. The molecule has 2 aliphatic heterocycles. The lowest BCUT2D eigenvalue weighted by molar-refractivity contribution is -0.135. The predicted octanol–water partition coefficient (Wildman–Crippen LogP) is 1.31. The molecule has 0 bridgehead atoms. The second-order valence-corrected chi connectivity index (χ2v) is 6.36. The summed E-state index contributed by atoms with van der Waals surface area (Å²) >= 11 is 0. The van der Waals surface area contributed by atoms with E-state index in [4.69, 9.17) is 4.74 Å². The Labute approximate surface area is 110 Å². The molecule has 2 heterocycles. The van der Waals surface area contributed by atoms with E-state index in [0.29, 0.717) is 5.92 Å². The van der Waals surface area contributed by atoms with Crippen molar-refractivity contribution in [2.45, 2.75) is 45.6 Å². The highest BCUT2D eigenvalue weighted by Gasteiger charge is 2.45. The monoisotopic (exact) mass is 254 g/mol. The fraction of sp³-hybridized carbons (Fsp3) is 0.929. The highest BCUT2D eigenvalue weighted by Crippen LogP contribution is 2.35. The van der Waals surface area contributed by atoms with Crippen LogP contribution in [0.3, 0.4) is 0 Å². The zero-order chi connectivity index (χ0) is 13.2. The van der Waals surface area contributed by atoms with Crippen LogP contribution in [-0.2, 0) is 9.53 Å². The molecule has 18 heavy (non-hydrogen) atoms. The van der Waals surface area contributed by atoms with Crippen molar-refractivity contribution >= 4 is 5.91 Å². The molecule has 0 aromatic heterocycles. The minimum absolute atomic E-state index is 0.0835. The van der Waals surface area contributed by atoms with Crippen molar-refractivity contribution in [3.8, 4) is 0 Å². The number of carbonyl (C=O) groups excluding carboxylic acids is 1. The van der Waals surface area contributed by atoms with Gasteiger partial charge in [-0.15, -0.1) is 0 Å². The lowest BCUT2D eigenvalue weighted by Crippen LogP contribution is -2.56. The fourth-order valence-corrected chi connectivity index (χ4v) is 3.01. The van der Waals surface area contributed by atoms with E-state index in [1.807, 2.05) is 0 Å². The van der Waals surface area contributed by atoms with E-state index in [0.717, 1.165) is 45.6 Å². The molecule has 4 heteroatoms. The zero-order valence-electron chi connectivity index (χ0n) is 11.8. The van der Waals surface area contributed by atoms with Crippen LogP contribution >= 0.6 is 0 Å². The smallest absolute Gasteiger partial charge is 0.228 e. The summed E-state index contributed by atoms with van der Waals surface area (Å²) in [6.45, 7) is 9.71. The van der Waals surface area contributed by atoms with Gasteiger partial charge in [0.25, 0.3) is 0 Å². The van der Waals surface area contributed by atoms with Crippen LogP contribution in [0.5, 0.6) is 0 Å². The first-order chi connectivity index (χ1) is 8.49. The number of rotatable bonds is 3. The third-order valence-electron chi connectivity index (χ3n) is 4.76. The normalized spacial score (nSPS) is 31.6. The number of carbonyl (C=O) groups is 1. The molecule has 0 spiro atoms. The molecule has 1 atom stereocenters. The summed E-state index contributed by atoms with van der Waals surface area (Å²) < 4.78 is 5.38. The molecule has 104 valence electrons. The molecule has 0 radical (unpaired) electrons. The molecule has 0 aromatic rings. The molecule has 2 aliphatic rings. The van der Waals surface area contributed by atoms with Gasteiger partial charge >= 0.3 is 0 Å². The van der Waals surface area contributed by atoms with Gasteiger partial charge in [0, 0.05) is 25.3 Å². The summed E-state index contributed by atoms with van der Waals surface area (Å²) in [4.78, 5) is 12.7. The van der Waals surface area contributed by atoms with E-state index in [2.05, 4.69) is 31.4 Å². The Morgan fingerprint density at radius 1 is 1.28 bits per heavy atom. The molecule has 2 fully saturated rings. The summed E-state index contributed by atoms with van der Waals surface area (Å²) in [5.74, 6) is 0.600. The third-order valence-corrected chi connectivity index (χ3v) is 4.76. The van der Waals surface area contributed by atoms with Gasteiger partial charge in [0.1, 0.15) is 0 Å². The first kappa shape index (κ1) is 13.8. The SMILES string of the molecule is CC(C)C1(C(=O)NC2(C)CCOCC2)CCNC1. The number of nitrogens with one attached hydrogen (secondary N) is 2. The quantitative estimate of drug-likeness (QED) is 0.798. The molecule has 1 amide bonds. The van der Waals surface area contributed by atoms with Crippen LogP contribution in [0.1, 0.15) is 40.0 Å². The molecule has 0 saturated carbocycles. The molecular formula is C14H26N2O2. The van der Waals surface area contributed by atoms with Gasteiger partial charge < -0.3 is 15.4 Å². The van der Waals surface area contributed by atoms with E-state index in [9.17, 15) is 4.79 Å². The van der Waals surface area contributed by atoms with Gasteiger partial charge in [0.15, 0.2) is 0 Å². The molecule has 2 saturated heterocycles. The minimum atomic E-state index is -0.221. The van der Waals surface area contributed by atoms with Crippen molar-refractivity contribution in [3.63, 3.8) is 0 Å². The predicted molar refractivity (Wildman–Crippen MR) is 71.4 cm³/mol. The first-order valence-corrected chi connectivity index (χ1v) is 7.10. The molecule has 2 N–H and O–H groups in total. The summed E-state index contributed by atoms with van der Waals surface area (Å²) in [6, 6.07) is 0. The van der Waals surface area contributed by atoms with Crippen LogP contribution in [0, 0.1) is 11.3 Å². The van der Waals surface area contributed by atoms with Crippen LogP contribution in [0.4, 0.5) is 0 Å². The van der Waals surface area contributed by atoms with Crippen molar-refractivity contribution in [1.29, 1.82) is 0 Å². The second-order valence-electron chi connectivity index (χ2n) is 6.36. The van der Waals surface area contributed by atoms with E-state index in [-0.39, 0.29) is 16.9 Å². The Balaban J connectivity index is 2.05. The van der Waals surface area contributed by atoms with E-state index >= 15 is 0 Å². The van der Waals surface area contributed by atoms with Gasteiger partial charge in [-0.2, -0.15) is 0 Å². The Hall–Kier alpha value is -0.610. The van der Waals surface area contributed by atoms with Crippen LogP contribution in [0.2, 0.25) is 0 Å². The van der Waals surface area contributed by atoms with E-state index in [1.54, 1.807) is 0 Å². The maximum absolute atomic E-state index is 12.7. The van der Waals surface area contributed by atoms with Crippen molar-refractivity contribution in [3.05, 3.63) is 0 Å². The third kappa shape index (κ3) is 2.54. The Morgan fingerprint density at radius 2 is 1.94 bits per heavy atom. The topological polar surface area (TPSA) is 50.4 Å². The van der Waals surface area contributed by atoms with Crippen LogP contribution in [-0.4, -0.2) is 37.7 Å². The maximum atomic E-state index is 12.7. The summed E-state index contributed by atoms with van der Waals surface area (Å²) in [7, 11) is 0. The number of hydrogen-bond acceptors (Lipinski definition) is 3. The lowest BCUT2D eigenvalue weighted by atomic mass is 9.74. The molecule has 4 nitrogen and oxygen atoms in total. The molecule has 0 aliphatic carbocycles. The standard InChI is InChI=1S/C14H26N2O2/c1-11(2)14(4-7-15-10-14)12(17)16-13(3)5-8-18-9-6-13/h11,15H,4-10H2,1-3H3,(H,16,17). The van der Waals surface area contributed by atoms with Gasteiger partial charge in [-0.1, -0.05) is 13.8 Å². The van der Waals surface area contributed by atoms with E-state index in [1.165, 1.54) is 0 Å². The lowest BCUT2D eigenvalue weighted by Gasteiger charge is -2.39. The van der Waals surface area contributed by atoms with Crippen molar-refractivity contribution in [1.82, 2.24) is 10.6 Å². The zero-order valence-corrected chi connectivity index (χ0v) is 11.8. The minimum Gasteiger partial charge on any atom is -0.381 e. The van der Waals surface area contributed by atoms with Crippen molar-refractivity contribution in [2.75, 3.05) is 26.3 Å². The van der Waals surface area contributed by atoms with Gasteiger partial charge in [-0.25, -0.2) is 0 Å². The second kappa shape index (κ2) is 5.17. The van der Waals surface area contributed by atoms with E-state index < -0.39 is 0 Å². The molecular weight excluding hydrogens is 228 g/mol. The average Bonchev–Trinajstić information content (AvgIpc) is 2.79. The number of amides is 1. The largest absolute Gasteiger partial charge is 0.381 e. The molecule has 0 aromatic carbocycles. The molecule has 2 rings (SSSR count).